The number of fused-ring (bicyclic) bond motifs is 6. The minimum atomic E-state index is -0.818. The maximum absolute atomic E-state index is 13.9. The van der Waals surface area contributed by atoms with E-state index in [1.165, 1.54) is 14.0 Å². The number of rotatable bonds is 1. The van der Waals surface area contributed by atoms with Gasteiger partial charge in [0.05, 0.1) is 24.3 Å². The second-order valence-electron chi connectivity index (χ2n) is 8.24. The Bertz CT molecular complexity index is 878. The third kappa shape index (κ3) is 2.37. The lowest BCUT2D eigenvalue weighted by molar-refractivity contribution is -0.124. The van der Waals surface area contributed by atoms with Gasteiger partial charge >= 0.3 is 0 Å². The van der Waals surface area contributed by atoms with E-state index in [1.54, 1.807) is 11.0 Å². The molecule has 6 nitrogen and oxygen atoms in total. The summed E-state index contributed by atoms with van der Waals surface area (Å²) < 4.78 is 5.29. The summed E-state index contributed by atoms with van der Waals surface area (Å²) in [5, 5.41) is 10.9. The van der Waals surface area contributed by atoms with Gasteiger partial charge in [0.15, 0.2) is 17.3 Å². The van der Waals surface area contributed by atoms with E-state index in [2.05, 4.69) is 11.9 Å². The van der Waals surface area contributed by atoms with Crippen molar-refractivity contribution < 1.29 is 19.4 Å². The molecule has 3 heterocycles. The van der Waals surface area contributed by atoms with Gasteiger partial charge in [-0.15, -0.1) is 0 Å². The predicted octanol–water partition coefficient (Wildman–Crippen LogP) is 2.63. The number of hydrogen-bond donors (Lipinski definition) is 1. The number of phenols is 1. The third-order valence-corrected chi connectivity index (χ3v) is 6.95. The Hall–Kier alpha value is -2.34. The van der Waals surface area contributed by atoms with Crippen molar-refractivity contribution >= 4 is 17.4 Å². The Morgan fingerprint density at radius 3 is 2.75 bits per heavy atom. The van der Waals surface area contributed by atoms with Crippen LogP contribution >= 0.6 is 0 Å². The molecule has 1 amide bonds. The van der Waals surface area contributed by atoms with Crippen molar-refractivity contribution in [1.29, 1.82) is 0 Å². The molecule has 1 saturated carbocycles. The van der Waals surface area contributed by atoms with E-state index in [9.17, 15) is 14.7 Å². The number of nitrogens with zero attached hydrogens (tertiary/aromatic N) is 2. The van der Waals surface area contributed by atoms with E-state index < -0.39 is 5.41 Å². The molecule has 1 aromatic carbocycles. The van der Waals surface area contributed by atoms with E-state index in [0.717, 1.165) is 37.1 Å². The lowest BCUT2D eigenvalue weighted by atomic mass is 9.60. The number of methoxy groups -OCH3 is 1. The van der Waals surface area contributed by atoms with Crippen LogP contribution in [0.25, 0.3) is 0 Å². The van der Waals surface area contributed by atoms with Crippen molar-refractivity contribution in [1.82, 2.24) is 4.90 Å². The van der Waals surface area contributed by atoms with Gasteiger partial charge in [0, 0.05) is 6.92 Å². The van der Waals surface area contributed by atoms with Gasteiger partial charge in [-0.3, -0.25) is 9.59 Å². The van der Waals surface area contributed by atoms with Crippen molar-refractivity contribution in [2.24, 2.45) is 5.92 Å². The first kappa shape index (κ1) is 19.0. The Kier molecular flexibility index (Phi) is 4.49. The molecule has 150 valence electrons. The second kappa shape index (κ2) is 6.62. The van der Waals surface area contributed by atoms with Crippen molar-refractivity contribution in [2.45, 2.75) is 44.6 Å². The van der Waals surface area contributed by atoms with Crippen LogP contribution in [0.3, 0.4) is 0 Å². The van der Waals surface area contributed by atoms with Crippen LogP contribution in [-0.4, -0.2) is 55.0 Å². The Morgan fingerprint density at radius 2 is 2.11 bits per heavy atom. The van der Waals surface area contributed by atoms with Crippen molar-refractivity contribution in [3.8, 4) is 11.5 Å². The number of ether oxygens (including phenoxy) is 1. The van der Waals surface area contributed by atoms with Gasteiger partial charge < -0.3 is 19.6 Å². The topological polar surface area (TPSA) is 70.1 Å². The first-order valence-electron chi connectivity index (χ1n) is 9.96. The highest BCUT2D eigenvalue weighted by atomic mass is 16.5. The largest absolute Gasteiger partial charge is 0.503 e. The minimum Gasteiger partial charge on any atom is -0.503 e. The number of carbonyl (C=O) groups is 2. The zero-order valence-corrected chi connectivity index (χ0v) is 17.0. The third-order valence-electron chi connectivity index (χ3n) is 6.95. The molecule has 5 rings (SSSR count). The highest BCUT2D eigenvalue weighted by molar-refractivity contribution is 6.12. The van der Waals surface area contributed by atoms with Crippen LogP contribution in [0.1, 0.15) is 38.7 Å². The van der Waals surface area contributed by atoms with Crippen LogP contribution in [0.5, 0.6) is 11.5 Å². The molecule has 0 radical (unpaired) electrons. The number of anilines is 1. The van der Waals surface area contributed by atoms with Crippen molar-refractivity contribution in [3.05, 3.63) is 29.3 Å². The smallest absolute Gasteiger partial charge is 0.224 e. The van der Waals surface area contributed by atoms with Gasteiger partial charge in [-0.2, -0.15) is 0 Å². The van der Waals surface area contributed by atoms with Crippen molar-refractivity contribution in [2.75, 3.05) is 32.1 Å². The lowest BCUT2D eigenvalue weighted by Gasteiger charge is -2.44. The first-order chi connectivity index (χ1) is 13.4. The van der Waals surface area contributed by atoms with Crippen LogP contribution in [0, 0.1) is 5.92 Å². The molecule has 2 saturated heterocycles. The molecule has 1 N–H and O–H groups in total. The van der Waals surface area contributed by atoms with Gasteiger partial charge in [0.2, 0.25) is 5.91 Å². The van der Waals surface area contributed by atoms with Gasteiger partial charge in [0.25, 0.3) is 0 Å². The SMILES string of the molecule is C/C=C1/C(=O)[C@@]23CCN(C)CC[C@@H]1C[C@@H]2N(C(C)=O)c1c3ccc(OC)c1O. The van der Waals surface area contributed by atoms with Crippen LogP contribution in [0.15, 0.2) is 23.8 Å². The summed E-state index contributed by atoms with van der Waals surface area (Å²) in [6, 6.07) is 3.30. The number of benzene rings is 1. The fourth-order valence-corrected chi connectivity index (χ4v) is 5.59. The summed E-state index contributed by atoms with van der Waals surface area (Å²) in [7, 11) is 3.57. The second-order valence-corrected chi connectivity index (χ2v) is 8.24. The fraction of sp³-hybridized carbons (Fsp3) is 0.545. The molecular formula is C22H28N2O4. The molecule has 28 heavy (non-hydrogen) atoms. The number of amides is 1. The van der Waals surface area contributed by atoms with Crippen LogP contribution in [-0.2, 0) is 15.0 Å². The molecular weight excluding hydrogens is 356 g/mol. The van der Waals surface area contributed by atoms with Crippen LogP contribution in [0.2, 0.25) is 0 Å². The number of phenolic OH excluding ortho intramolecular Hbond substituents is 1. The number of aromatic hydroxyl groups is 1. The molecule has 4 aliphatic rings. The Labute approximate surface area is 165 Å². The molecule has 1 aromatic rings. The summed E-state index contributed by atoms with van der Waals surface area (Å²) in [4.78, 5) is 30.6. The molecule has 3 aliphatic heterocycles. The summed E-state index contributed by atoms with van der Waals surface area (Å²) in [6.07, 6.45) is 4.20. The van der Waals surface area contributed by atoms with Gasteiger partial charge in [0.1, 0.15) is 0 Å². The van der Waals surface area contributed by atoms with E-state index in [4.69, 9.17) is 4.74 Å². The molecule has 1 aliphatic carbocycles. The standard InChI is InChI=1S/C22H28N2O4/c1-5-15-14-8-10-23(3)11-9-22(21(15)27)16-6-7-17(28-4)20(26)19(16)24(13(2)25)18(22)12-14/h5-7,14,18,26H,8-12H2,1-4H3/b15-5+/t14-,18+,22-/m1/s1. The highest BCUT2D eigenvalue weighted by Crippen LogP contribution is 2.59. The van der Waals surface area contributed by atoms with Gasteiger partial charge in [-0.05, 0) is 69.4 Å². The quantitative estimate of drug-likeness (QED) is 0.754. The summed E-state index contributed by atoms with van der Waals surface area (Å²) >= 11 is 0. The molecule has 3 atom stereocenters. The molecule has 0 aromatic heterocycles. The summed E-state index contributed by atoms with van der Waals surface area (Å²) in [6.45, 7) is 5.14. The van der Waals surface area contributed by atoms with Gasteiger partial charge in [-0.25, -0.2) is 0 Å². The maximum Gasteiger partial charge on any atom is 0.224 e. The maximum atomic E-state index is 13.9. The molecule has 3 fully saturated rings. The van der Waals surface area contributed by atoms with Crippen LogP contribution < -0.4 is 9.64 Å². The average Bonchev–Trinajstić information content (AvgIpc) is 3.00. The van der Waals surface area contributed by atoms with E-state index in [1.807, 2.05) is 19.1 Å². The minimum absolute atomic E-state index is 0.0548. The predicted molar refractivity (Wildman–Crippen MR) is 107 cm³/mol. The molecule has 0 unspecified atom stereocenters. The highest BCUT2D eigenvalue weighted by Gasteiger charge is 2.61. The zero-order valence-electron chi connectivity index (χ0n) is 17.0. The zero-order chi connectivity index (χ0) is 20.2. The van der Waals surface area contributed by atoms with Gasteiger partial charge in [-0.1, -0.05) is 12.1 Å². The number of carbonyl (C=O) groups excluding carboxylic acids is 2. The number of ketones is 1. The fourth-order valence-electron chi connectivity index (χ4n) is 5.59. The Morgan fingerprint density at radius 1 is 1.36 bits per heavy atom. The lowest BCUT2D eigenvalue weighted by Crippen LogP contribution is -2.56. The summed E-state index contributed by atoms with van der Waals surface area (Å²) in [5.41, 5.74) is 1.26. The number of allylic oxidation sites excluding steroid dienone is 2. The first-order valence-corrected chi connectivity index (χ1v) is 9.96. The number of Topliss-reactive ketones (excluding diaryl/α,β-unsaturated/α-hetero) is 1. The van der Waals surface area contributed by atoms with E-state index in [-0.39, 0.29) is 29.4 Å². The number of hydrogen-bond acceptors (Lipinski definition) is 5. The molecule has 1 spiro atoms. The monoisotopic (exact) mass is 384 g/mol. The van der Waals surface area contributed by atoms with Crippen LogP contribution in [0.4, 0.5) is 5.69 Å². The Balaban J connectivity index is 2.02. The van der Waals surface area contributed by atoms with E-state index >= 15 is 0 Å². The average molecular weight is 384 g/mol. The molecule has 6 heteroatoms. The van der Waals surface area contributed by atoms with Crippen molar-refractivity contribution in [3.63, 3.8) is 0 Å². The van der Waals surface area contributed by atoms with E-state index in [0.29, 0.717) is 17.9 Å². The normalized spacial score (nSPS) is 31.2. The summed E-state index contributed by atoms with van der Waals surface area (Å²) in [5.74, 6) is 0.344. The molecule has 2 bridgehead atoms.